The molecule has 1 heterocycles. The van der Waals surface area contributed by atoms with Crippen molar-refractivity contribution in [3.63, 3.8) is 0 Å². The predicted octanol–water partition coefficient (Wildman–Crippen LogP) is -1.99. The molecule has 8 atom stereocenters. The molecular formula is C43H70N12O10. The van der Waals surface area contributed by atoms with E-state index in [9.17, 15) is 48.3 Å². The van der Waals surface area contributed by atoms with Crippen molar-refractivity contribution >= 4 is 59.2 Å². The van der Waals surface area contributed by atoms with Crippen molar-refractivity contribution in [2.75, 3.05) is 19.6 Å². The summed E-state index contributed by atoms with van der Waals surface area (Å²) in [5.74, 6) is -6.59. The van der Waals surface area contributed by atoms with E-state index in [1.165, 1.54) is 32.6 Å². The smallest absolute Gasteiger partial charge is 0.326 e. The summed E-state index contributed by atoms with van der Waals surface area (Å²) in [6.45, 7) is 9.79. The zero-order chi connectivity index (χ0) is 48.8. The molecule has 2 rings (SSSR count). The fourth-order valence-corrected chi connectivity index (χ4v) is 7.05. The highest BCUT2D eigenvalue weighted by atomic mass is 16.4. The molecule has 22 nitrogen and oxygen atoms in total. The number of aliphatic carboxylic acids is 1. The van der Waals surface area contributed by atoms with E-state index in [-0.39, 0.29) is 57.1 Å². The molecule has 14 N–H and O–H groups in total. The Labute approximate surface area is 380 Å². The Hall–Kier alpha value is -6.32. The summed E-state index contributed by atoms with van der Waals surface area (Å²) in [5, 5.41) is 27.6. The number of carboxylic acids is 1. The topological polar surface area (TPSA) is 352 Å². The van der Waals surface area contributed by atoms with Crippen LogP contribution in [-0.4, -0.2) is 137 Å². The molecule has 8 unspecified atom stereocenters. The first-order valence-corrected chi connectivity index (χ1v) is 22.1. The Morgan fingerprint density at radius 3 is 1.77 bits per heavy atom. The zero-order valence-electron chi connectivity index (χ0n) is 38.3. The van der Waals surface area contributed by atoms with Crippen molar-refractivity contribution in [3.8, 4) is 0 Å². The lowest BCUT2D eigenvalue weighted by Crippen LogP contribution is -2.59. The van der Waals surface area contributed by atoms with Gasteiger partial charge in [-0.1, -0.05) is 44.2 Å². The van der Waals surface area contributed by atoms with Crippen LogP contribution < -0.4 is 54.4 Å². The Morgan fingerprint density at radius 1 is 0.692 bits per heavy atom. The second kappa shape index (κ2) is 27.8. The van der Waals surface area contributed by atoms with Gasteiger partial charge in [-0.15, -0.1) is 0 Å². The van der Waals surface area contributed by atoms with Gasteiger partial charge in [-0.25, -0.2) is 4.79 Å². The quantitative estimate of drug-likeness (QED) is 0.0259. The van der Waals surface area contributed by atoms with Crippen molar-refractivity contribution in [2.24, 2.45) is 28.1 Å². The molecule has 1 fully saturated rings. The summed E-state index contributed by atoms with van der Waals surface area (Å²) in [4.78, 5) is 123. The molecule has 362 valence electrons. The molecule has 65 heavy (non-hydrogen) atoms. The number of rotatable bonds is 27. The first kappa shape index (κ1) is 54.8. The average molecular weight is 915 g/mol. The van der Waals surface area contributed by atoms with Gasteiger partial charge in [-0.2, -0.15) is 0 Å². The minimum absolute atomic E-state index is 0.0197. The molecule has 0 spiro atoms. The average Bonchev–Trinajstić information content (AvgIpc) is 3.74. The maximum atomic E-state index is 14.2. The standard InChI is InChI=1S/C43H70N12O10/c1-24(2)22-32(38(60)50-26(4)36(58)48-25(3)35(57)49-27(5)37(59)53-31(42(64)65)17-12-20-47-43(45)46)54-40(62)34-18-13-21-55(34)41(63)30(16-10-11-19-44)52-39(61)33(51-28(6)56)23-29-14-8-7-9-15-29/h7-9,14-15,24-27,30-34H,10-13,16-23,44H2,1-6H3,(H,48,58)(H,49,57)(H,50,60)(H,51,56)(H,52,61)(H,53,59)(H,54,62)(H,64,65)(H4,45,46,47). The molecular weight excluding hydrogens is 845 g/mol. The second-order valence-electron chi connectivity index (χ2n) is 16.7. The number of nitrogens with one attached hydrogen (secondary N) is 7. The number of likely N-dealkylation sites (tertiary alicyclic amines) is 1. The number of benzene rings is 1. The van der Waals surface area contributed by atoms with Crippen molar-refractivity contribution in [2.45, 2.75) is 148 Å². The number of hydrogen-bond donors (Lipinski definition) is 11. The largest absolute Gasteiger partial charge is 0.480 e. The number of hydrogen-bond acceptors (Lipinski definition) is 11. The van der Waals surface area contributed by atoms with Gasteiger partial charge in [0.2, 0.25) is 47.3 Å². The lowest BCUT2D eigenvalue weighted by Gasteiger charge is -2.31. The van der Waals surface area contributed by atoms with Crippen LogP contribution >= 0.6 is 0 Å². The lowest BCUT2D eigenvalue weighted by atomic mass is 10.0. The summed E-state index contributed by atoms with van der Waals surface area (Å²) >= 11 is 0. The normalized spacial score (nSPS) is 16.6. The summed E-state index contributed by atoms with van der Waals surface area (Å²) in [6, 6.07) is 0.179. The molecule has 1 saturated heterocycles. The summed E-state index contributed by atoms with van der Waals surface area (Å²) in [7, 11) is 0. The van der Waals surface area contributed by atoms with Gasteiger partial charge in [0.1, 0.15) is 48.3 Å². The molecule has 0 bridgehead atoms. The molecule has 1 aliphatic heterocycles. The molecule has 8 amide bonds. The maximum absolute atomic E-state index is 14.2. The minimum Gasteiger partial charge on any atom is -0.480 e. The van der Waals surface area contributed by atoms with E-state index in [4.69, 9.17) is 17.2 Å². The van der Waals surface area contributed by atoms with E-state index < -0.39 is 102 Å². The fourth-order valence-electron chi connectivity index (χ4n) is 7.05. The minimum atomic E-state index is -1.29. The molecule has 1 aromatic carbocycles. The zero-order valence-corrected chi connectivity index (χ0v) is 38.3. The van der Waals surface area contributed by atoms with Crippen LogP contribution in [0.5, 0.6) is 0 Å². The van der Waals surface area contributed by atoms with E-state index in [1.54, 1.807) is 0 Å². The van der Waals surface area contributed by atoms with Crippen molar-refractivity contribution in [1.29, 1.82) is 0 Å². The Balaban J connectivity index is 2.09. The van der Waals surface area contributed by atoms with Crippen molar-refractivity contribution in [3.05, 3.63) is 35.9 Å². The first-order chi connectivity index (χ1) is 30.6. The van der Waals surface area contributed by atoms with Gasteiger partial charge in [0.25, 0.3) is 0 Å². The first-order valence-electron chi connectivity index (χ1n) is 22.1. The number of guanidine groups is 1. The van der Waals surface area contributed by atoms with E-state index in [0.717, 1.165) is 5.56 Å². The maximum Gasteiger partial charge on any atom is 0.326 e. The summed E-state index contributed by atoms with van der Waals surface area (Å²) < 4.78 is 0. The number of unbranched alkanes of at least 4 members (excludes halogenated alkanes) is 1. The van der Waals surface area contributed by atoms with Crippen LogP contribution in [0.25, 0.3) is 0 Å². The van der Waals surface area contributed by atoms with Gasteiger partial charge in [-0.3, -0.25) is 43.3 Å². The van der Waals surface area contributed by atoms with Gasteiger partial charge in [0.05, 0.1) is 0 Å². The molecule has 22 heteroatoms. The Bertz CT molecular complexity index is 1830. The van der Waals surface area contributed by atoms with Crippen LogP contribution in [-0.2, 0) is 49.6 Å². The van der Waals surface area contributed by atoms with Crippen molar-refractivity contribution in [1.82, 2.24) is 42.1 Å². The van der Waals surface area contributed by atoms with E-state index >= 15 is 0 Å². The molecule has 0 aromatic heterocycles. The lowest BCUT2D eigenvalue weighted by molar-refractivity contribution is -0.142. The number of carbonyl (C=O) groups is 9. The van der Waals surface area contributed by atoms with Crippen LogP contribution in [0, 0.1) is 5.92 Å². The monoisotopic (exact) mass is 915 g/mol. The molecule has 0 aliphatic carbocycles. The molecule has 0 saturated carbocycles. The predicted molar refractivity (Wildman–Crippen MR) is 241 cm³/mol. The number of carboxylic acid groups (broad SMARTS) is 1. The van der Waals surface area contributed by atoms with Gasteiger partial charge in [-0.05, 0) is 90.2 Å². The number of nitrogens with two attached hydrogens (primary N) is 3. The van der Waals surface area contributed by atoms with Crippen LogP contribution in [0.2, 0.25) is 0 Å². The van der Waals surface area contributed by atoms with E-state index in [1.807, 2.05) is 44.2 Å². The van der Waals surface area contributed by atoms with Gasteiger partial charge >= 0.3 is 5.97 Å². The number of aliphatic imine (C=N–C) groups is 1. The highest BCUT2D eigenvalue weighted by Gasteiger charge is 2.40. The fraction of sp³-hybridized carbons (Fsp3) is 0.628. The van der Waals surface area contributed by atoms with Gasteiger partial charge in [0, 0.05) is 26.4 Å². The third kappa shape index (κ3) is 19.5. The molecule has 1 aromatic rings. The second-order valence-corrected chi connectivity index (χ2v) is 16.7. The van der Waals surface area contributed by atoms with Crippen LogP contribution in [0.3, 0.4) is 0 Å². The molecule has 0 radical (unpaired) electrons. The highest BCUT2D eigenvalue weighted by molar-refractivity contribution is 5.98. The van der Waals surface area contributed by atoms with Crippen LogP contribution in [0.4, 0.5) is 0 Å². The molecule has 1 aliphatic rings. The third-order valence-corrected chi connectivity index (χ3v) is 10.5. The highest BCUT2D eigenvalue weighted by Crippen LogP contribution is 2.21. The van der Waals surface area contributed by atoms with Crippen molar-refractivity contribution < 1.29 is 48.3 Å². The SMILES string of the molecule is CC(=O)NC(Cc1ccccc1)C(=O)NC(CCCCN)C(=O)N1CCCC1C(=O)NC(CC(C)C)C(=O)NC(C)C(=O)NC(C)C(=O)NC(C)C(=O)NC(CCCN=C(N)N)C(=O)O. The Kier molecular flexibility index (Phi) is 23.4. The third-order valence-electron chi connectivity index (χ3n) is 10.5. The number of amides is 8. The van der Waals surface area contributed by atoms with E-state index in [0.29, 0.717) is 32.2 Å². The van der Waals surface area contributed by atoms with Crippen LogP contribution in [0.1, 0.15) is 98.5 Å². The summed E-state index contributed by atoms with van der Waals surface area (Å²) in [5.41, 5.74) is 17.1. The summed E-state index contributed by atoms with van der Waals surface area (Å²) in [6.07, 6.45) is 2.72. The number of nitrogens with zero attached hydrogens (tertiary/aromatic N) is 2. The number of carbonyl (C=O) groups excluding carboxylic acids is 8. The Morgan fingerprint density at radius 2 is 1.23 bits per heavy atom. The van der Waals surface area contributed by atoms with Gasteiger partial charge in [0.15, 0.2) is 5.96 Å². The van der Waals surface area contributed by atoms with Crippen LogP contribution in [0.15, 0.2) is 35.3 Å². The van der Waals surface area contributed by atoms with E-state index in [2.05, 4.69) is 42.2 Å². The van der Waals surface area contributed by atoms with Gasteiger partial charge < -0.3 is 64.4 Å².